The van der Waals surface area contributed by atoms with Crippen molar-refractivity contribution in [2.24, 2.45) is 0 Å². The molecule has 1 N–H and O–H groups in total. The second-order valence-corrected chi connectivity index (χ2v) is 6.63. The lowest BCUT2D eigenvalue weighted by molar-refractivity contribution is -0.116. The fourth-order valence-corrected chi connectivity index (χ4v) is 2.97. The molecule has 0 radical (unpaired) electrons. The van der Waals surface area contributed by atoms with Gasteiger partial charge in [-0.15, -0.1) is 0 Å². The summed E-state index contributed by atoms with van der Waals surface area (Å²) >= 11 is 0. The van der Waals surface area contributed by atoms with E-state index in [0.29, 0.717) is 12.2 Å². The van der Waals surface area contributed by atoms with Crippen LogP contribution in [0.15, 0.2) is 91.4 Å². The third kappa shape index (κ3) is 4.67. The summed E-state index contributed by atoms with van der Waals surface area (Å²) in [6.07, 6.45) is 8.42. The zero-order valence-electron chi connectivity index (χ0n) is 16.1. The molecule has 2 aromatic heterocycles. The molecule has 6 heteroatoms. The van der Waals surface area contributed by atoms with Crippen molar-refractivity contribution in [1.82, 2.24) is 20.1 Å². The number of nitrogens with one attached hydrogen (secondary N) is 1. The van der Waals surface area contributed by atoms with Crippen LogP contribution in [-0.2, 0) is 11.3 Å². The lowest BCUT2D eigenvalue weighted by Crippen LogP contribution is -2.20. The Labute approximate surface area is 173 Å². The van der Waals surface area contributed by atoms with Gasteiger partial charge in [0.05, 0.1) is 11.4 Å². The molecule has 0 aliphatic rings. The number of hydrogen-bond acceptors (Lipinski definition) is 3. The van der Waals surface area contributed by atoms with Crippen LogP contribution in [0, 0.1) is 5.82 Å². The van der Waals surface area contributed by atoms with Crippen LogP contribution in [-0.4, -0.2) is 20.7 Å². The molecule has 148 valence electrons. The summed E-state index contributed by atoms with van der Waals surface area (Å²) in [5, 5.41) is 7.49. The molecule has 5 nitrogen and oxygen atoms in total. The number of halogens is 1. The minimum atomic E-state index is -0.312. The van der Waals surface area contributed by atoms with E-state index >= 15 is 0 Å². The second-order valence-electron chi connectivity index (χ2n) is 6.63. The molecular formula is C24H19FN4O. The number of rotatable bonds is 6. The average Bonchev–Trinajstić information content (AvgIpc) is 3.22. The standard InChI is InChI=1S/C24H19FN4O/c25-21-11-8-19(9-12-21)24-20(17-29(28-24)22-6-2-1-3-7-22)10-13-23(30)27-16-18-5-4-14-26-15-18/h1-15,17H,16H2,(H,27,30)/b13-10+. The van der Waals surface area contributed by atoms with Crippen molar-refractivity contribution >= 4 is 12.0 Å². The number of nitrogens with zero attached hydrogens (tertiary/aromatic N) is 3. The number of benzene rings is 2. The first-order valence-corrected chi connectivity index (χ1v) is 9.45. The SMILES string of the molecule is O=C(/C=C/c1cn(-c2ccccc2)nc1-c1ccc(F)cc1)NCc1cccnc1. The molecule has 0 saturated carbocycles. The van der Waals surface area contributed by atoms with Crippen molar-refractivity contribution < 1.29 is 9.18 Å². The highest BCUT2D eigenvalue weighted by molar-refractivity contribution is 5.92. The fourth-order valence-electron chi connectivity index (χ4n) is 2.97. The van der Waals surface area contributed by atoms with Crippen molar-refractivity contribution in [3.8, 4) is 16.9 Å². The molecule has 1 amide bonds. The van der Waals surface area contributed by atoms with E-state index in [1.807, 2.05) is 48.7 Å². The summed E-state index contributed by atoms with van der Waals surface area (Å²) in [7, 11) is 0. The largest absolute Gasteiger partial charge is 0.348 e. The van der Waals surface area contributed by atoms with Crippen molar-refractivity contribution in [1.29, 1.82) is 0 Å². The first kappa shape index (κ1) is 19.3. The van der Waals surface area contributed by atoms with E-state index in [2.05, 4.69) is 15.4 Å². The molecule has 0 saturated heterocycles. The van der Waals surface area contributed by atoms with E-state index in [9.17, 15) is 9.18 Å². The number of hydrogen-bond donors (Lipinski definition) is 1. The molecule has 30 heavy (non-hydrogen) atoms. The first-order chi connectivity index (χ1) is 14.7. The zero-order valence-corrected chi connectivity index (χ0v) is 16.1. The molecule has 0 aliphatic heterocycles. The van der Waals surface area contributed by atoms with Gasteiger partial charge >= 0.3 is 0 Å². The molecule has 0 unspecified atom stereocenters. The molecular weight excluding hydrogens is 379 g/mol. The van der Waals surface area contributed by atoms with Crippen LogP contribution in [0.4, 0.5) is 4.39 Å². The van der Waals surface area contributed by atoms with Crippen molar-refractivity contribution in [3.05, 3.63) is 108 Å². The van der Waals surface area contributed by atoms with Gasteiger partial charge in [0.1, 0.15) is 5.82 Å². The first-order valence-electron chi connectivity index (χ1n) is 9.45. The minimum absolute atomic E-state index is 0.226. The number of carbonyl (C=O) groups excluding carboxylic acids is 1. The van der Waals surface area contributed by atoms with E-state index in [-0.39, 0.29) is 11.7 Å². The summed E-state index contributed by atoms with van der Waals surface area (Å²) < 4.78 is 15.1. The molecule has 2 aromatic carbocycles. The second kappa shape index (κ2) is 8.96. The molecule has 0 fully saturated rings. The number of pyridine rings is 1. The molecule has 2 heterocycles. The smallest absolute Gasteiger partial charge is 0.244 e. The fraction of sp³-hybridized carbons (Fsp3) is 0.0417. The van der Waals surface area contributed by atoms with Gasteiger partial charge in [0.15, 0.2) is 0 Å². The Hall–Kier alpha value is -4.06. The Morgan fingerprint density at radius 2 is 1.83 bits per heavy atom. The van der Waals surface area contributed by atoms with Crippen LogP contribution in [0.2, 0.25) is 0 Å². The van der Waals surface area contributed by atoms with Crippen molar-refractivity contribution in [2.45, 2.75) is 6.54 Å². The van der Waals surface area contributed by atoms with E-state index in [1.165, 1.54) is 18.2 Å². The van der Waals surface area contributed by atoms with Crippen LogP contribution in [0.5, 0.6) is 0 Å². The van der Waals surface area contributed by atoms with Crippen molar-refractivity contribution in [2.75, 3.05) is 0 Å². The highest BCUT2D eigenvalue weighted by Crippen LogP contribution is 2.25. The Morgan fingerprint density at radius 1 is 1.03 bits per heavy atom. The maximum absolute atomic E-state index is 13.4. The maximum Gasteiger partial charge on any atom is 0.244 e. The molecule has 4 rings (SSSR count). The Bertz CT molecular complexity index is 1150. The van der Waals surface area contributed by atoms with Gasteiger partial charge < -0.3 is 5.32 Å². The molecule has 0 aliphatic carbocycles. The third-order valence-electron chi connectivity index (χ3n) is 4.48. The minimum Gasteiger partial charge on any atom is -0.348 e. The lowest BCUT2D eigenvalue weighted by Gasteiger charge is -2.01. The van der Waals surface area contributed by atoms with Crippen LogP contribution in [0.25, 0.3) is 23.0 Å². The van der Waals surface area contributed by atoms with Crippen LogP contribution in [0.3, 0.4) is 0 Å². The molecule has 0 spiro atoms. The van der Waals surface area contributed by atoms with Crippen LogP contribution in [0.1, 0.15) is 11.1 Å². The van der Waals surface area contributed by atoms with Crippen molar-refractivity contribution in [3.63, 3.8) is 0 Å². The Balaban J connectivity index is 1.59. The third-order valence-corrected chi connectivity index (χ3v) is 4.48. The van der Waals surface area contributed by atoms with E-state index in [4.69, 9.17) is 0 Å². The molecule has 0 atom stereocenters. The number of carbonyl (C=O) groups is 1. The Morgan fingerprint density at radius 3 is 2.57 bits per heavy atom. The van der Waals surface area contributed by atoms with Gasteiger partial charge in [0, 0.05) is 42.3 Å². The van der Waals surface area contributed by atoms with Crippen LogP contribution < -0.4 is 5.32 Å². The topological polar surface area (TPSA) is 59.8 Å². The Kier molecular flexibility index (Phi) is 5.75. The average molecular weight is 398 g/mol. The van der Waals surface area contributed by atoms with E-state index < -0.39 is 0 Å². The summed E-state index contributed by atoms with van der Waals surface area (Å²) in [6, 6.07) is 19.5. The highest BCUT2D eigenvalue weighted by Gasteiger charge is 2.11. The van der Waals surface area contributed by atoms with Gasteiger partial charge in [-0.3, -0.25) is 9.78 Å². The molecule has 0 bridgehead atoms. The summed E-state index contributed by atoms with van der Waals surface area (Å²) in [4.78, 5) is 16.3. The monoisotopic (exact) mass is 398 g/mol. The summed E-state index contributed by atoms with van der Waals surface area (Å²) in [6.45, 7) is 0.394. The number of aromatic nitrogens is 3. The summed E-state index contributed by atoms with van der Waals surface area (Å²) in [5.74, 6) is -0.538. The van der Waals surface area contributed by atoms with Gasteiger partial charge in [-0.1, -0.05) is 24.3 Å². The van der Waals surface area contributed by atoms with Gasteiger partial charge in [-0.2, -0.15) is 5.10 Å². The van der Waals surface area contributed by atoms with Crippen LogP contribution >= 0.6 is 0 Å². The summed E-state index contributed by atoms with van der Waals surface area (Å²) in [5.41, 5.74) is 3.99. The highest BCUT2D eigenvalue weighted by atomic mass is 19.1. The van der Waals surface area contributed by atoms with Gasteiger partial charge in [-0.05, 0) is 54.1 Å². The van der Waals surface area contributed by atoms with Gasteiger partial charge in [0.25, 0.3) is 0 Å². The molecule has 4 aromatic rings. The quantitative estimate of drug-likeness (QED) is 0.490. The predicted octanol–water partition coefficient (Wildman–Crippen LogP) is 4.40. The lowest BCUT2D eigenvalue weighted by atomic mass is 10.1. The van der Waals surface area contributed by atoms with E-state index in [0.717, 1.165) is 22.4 Å². The van der Waals surface area contributed by atoms with E-state index in [1.54, 1.807) is 35.3 Å². The van der Waals surface area contributed by atoms with Gasteiger partial charge in [0.2, 0.25) is 5.91 Å². The zero-order chi connectivity index (χ0) is 20.8. The van der Waals surface area contributed by atoms with Gasteiger partial charge in [-0.25, -0.2) is 9.07 Å². The maximum atomic E-state index is 13.4. The number of amides is 1. The predicted molar refractivity (Wildman–Crippen MR) is 114 cm³/mol. The number of para-hydroxylation sites is 1. The normalized spacial score (nSPS) is 11.0.